The van der Waals surface area contributed by atoms with Gasteiger partial charge in [0.1, 0.15) is 5.82 Å². The lowest BCUT2D eigenvalue weighted by Gasteiger charge is -2.23. The number of thiophene rings is 1. The molecule has 0 unspecified atom stereocenters. The molecule has 1 aromatic carbocycles. The lowest BCUT2D eigenvalue weighted by molar-refractivity contribution is 0.0942. The summed E-state index contributed by atoms with van der Waals surface area (Å²) in [6.45, 7) is 0.518. The van der Waals surface area contributed by atoms with Crippen LogP contribution in [0.15, 0.2) is 41.8 Å². The molecule has 0 saturated carbocycles. The second-order valence-corrected chi connectivity index (χ2v) is 5.69. The number of hydrogen-bond acceptors (Lipinski definition) is 3. The molecule has 1 aromatic heterocycles. The first-order valence-corrected chi connectivity index (χ1v) is 7.19. The smallest absolute Gasteiger partial charge is 0.251 e. The van der Waals surface area contributed by atoms with Crippen molar-refractivity contribution in [2.24, 2.45) is 0 Å². The molecule has 0 aliphatic rings. The molecule has 0 bridgehead atoms. The quantitative estimate of drug-likeness (QED) is 0.919. The van der Waals surface area contributed by atoms with E-state index >= 15 is 0 Å². The fourth-order valence-electron chi connectivity index (χ4n) is 1.91. The molecular formula is C15H17FN2OS. The number of carbonyl (C=O) groups is 1. The van der Waals surface area contributed by atoms with E-state index in [1.807, 2.05) is 25.5 Å². The Bertz CT molecular complexity index is 552. The highest BCUT2D eigenvalue weighted by molar-refractivity contribution is 7.10. The SMILES string of the molecule is CN(C)[C@H](CNC(=O)c1ccc(F)cc1)c1cccs1. The molecule has 1 heterocycles. The Morgan fingerprint density at radius 3 is 2.55 bits per heavy atom. The Hall–Kier alpha value is -1.72. The van der Waals surface area contributed by atoms with E-state index in [1.54, 1.807) is 11.3 Å². The Labute approximate surface area is 122 Å². The Morgan fingerprint density at radius 1 is 1.30 bits per heavy atom. The van der Waals surface area contributed by atoms with E-state index in [0.717, 1.165) is 0 Å². The topological polar surface area (TPSA) is 32.3 Å². The van der Waals surface area contributed by atoms with Crippen LogP contribution in [0.2, 0.25) is 0 Å². The third-order valence-corrected chi connectivity index (χ3v) is 4.03. The molecule has 1 amide bonds. The van der Waals surface area contributed by atoms with Gasteiger partial charge in [0.05, 0.1) is 6.04 Å². The van der Waals surface area contributed by atoms with Crippen LogP contribution in [0.25, 0.3) is 0 Å². The lowest BCUT2D eigenvalue weighted by atomic mass is 10.2. The number of carbonyl (C=O) groups excluding carboxylic acids is 1. The summed E-state index contributed by atoms with van der Waals surface area (Å²) in [5.41, 5.74) is 0.468. The van der Waals surface area contributed by atoms with Crippen molar-refractivity contribution in [2.75, 3.05) is 20.6 Å². The van der Waals surface area contributed by atoms with E-state index < -0.39 is 0 Å². The highest BCUT2D eigenvalue weighted by Gasteiger charge is 2.16. The molecule has 0 saturated heterocycles. The standard InChI is InChI=1S/C15H17FN2OS/c1-18(2)13(14-4-3-9-20-14)10-17-15(19)11-5-7-12(16)8-6-11/h3-9,13H,10H2,1-2H3,(H,17,19)/t13-/m1/s1. The molecule has 2 aromatic rings. The van der Waals surface area contributed by atoms with Crippen LogP contribution in [0, 0.1) is 5.82 Å². The molecule has 0 fully saturated rings. The van der Waals surface area contributed by atoms with Crippen LogP contribution in [-0.4, -0.2) is 31.4 Å². The normalized spacial score (nSPS) is 12.4. The number of benzene rings is 1. The fourth-order valence-corrected chi connectivity index (χ4v) is 2.83. The number of likely N-dealkylation sites (N-methyl/N-ethyl adjacent to an activating group) is 1. The number of rotatable bonds is 5. The molecule has 3 nitrogen and oxygen atoms in total. The molecule has 1 N–H and O–H groups in total. The number of hydrogen-bond donors (Lipinski definition) is 1. The monoisotopic (exact) mass is 292 g/mol. The molecular weight excluding hydrogens is 275 g/mol. The molecule has 0 spiro atoms. The van der Waals surface area contributed by atoms with Crippen LogP contribution in [0.1, 0.15) is 21.3 Å². The maximum absolute atomic E-state index is 12.8. The predicted octanol–water partition coefficient (Wildman–Crippen LogP) is 2.92. The average molecular weight is 292 g/mol. The van der Waals surface area contributed by atoms with E-state index in [9.17, 15) is 9.18 Å². The first-order chi connectivity index (χ1) is 9.58. The van der Waals surface area contributed by atoms with Crippen molar-refractivity contribution in [2.45, 2.75) is 6.04 Å². The highest BCUT2D eigenvalue weighted by Crippen LogP contribution is 2.22. The Kier molecular flexibility index (Phi) is 4.87. The number of halogens is 1. The molecule has 20 heavy (non-hydrogen) atoms. The molecule has 106 valence electrons. The predicted molar refractivity (Wildman–Crippen MR) is 79.5 cm³/mol. The van der Waals surface area contributed by atoms with Gasteiger partial charge in [0.2, 0.25) is 0 Å². The summed E-state index contributed by atoms with van der Waals surface area (Å²) in [6.07, 6.45) is 0. The maximum Gasteiger partial charge on any atom is 0.251 e. The first kappa shape index (κ1) is 14.7. The van der Waals surface area contributed by atoms with Crippen LogP contribution >= 0.6 is 11.3 Å². The van der Waals surface area contributed by atoms with Gasteiger partial charge in [-0.15, -0.1) is 11.3 Å². The van der Waals surface area contributed by atoms with E-state index in [-0.39, 0.29) is 17.8 Å². The summed E-state index contributed by atoms with van der Waals surface area (Å²) < 4.78 is 12.8. The van der Waals surface area contributed by atoms with Gasteiger partial charge in [0, 0.05) is 17.0 Å². The average Bonchev–Trinajstić information content (AvgIpc) is 2.93. The summed E-state index contributed by atoms with van der Waals surface area (Å²) in [5, 5.41) is 4.91. The molecule has 0 aliphatic heterocycles. The van der Waals surface area contributed by atoms with Gasteiger partial charge >= 0.3 is 0 Å². The van der Waals surface area contributed by atoms with Gasteiger partial charge in [0.15, 0.2) is 0 Å². The van der Waals surface area contributed by atoms with Crippen molar-refractivity contribution in [1.82, 2.24) is 10.2 Å². The number of nitrogens with one attached hydrogen (secondary N) is 1. The van der Waals surface area contributed by atoms with E-state index in [2.05, 4.69) is 16.3 Å². The maximum atomic E-state index is 12.8. The van der Waals surface area contributed by atoms with E-state index in [1.165, 1.54) is 29.1 Å². The summed E-state index contributed by atoms with van der Waals surface area (Å²) in [5.74, 6) is -0.528. The van der Waals surface area contributed by atoms with E-state index in [0.29, 0.717) is 12.1 Å². The Morgan fingerprint density at radius 2 is 2.00 bits per heavy atom. The van der Waals surface area contributed by atoms with Gasteiger partial charge in [0.25, 0.3) is 5.91 Å². The summed E-state index contributed by atoms with van der Waals surface area (Å²) in [6, 6.07) is 9.74. The second-order valence-electron chi connectivity index (χ2n) is 4.71. The lowest BCUT2D eigenvalue weighted by Crippen LogP contribution is -2.34. The third kappa shape index (κ3) is 3.65. The molecule has 5 heteroatoms. The van der Waals surface area contributed by atoms with E-state index in [4.69, 9.17) is 0 Å². The molecule has 2 rings (SSSR count). The van der Waals surface area contributed by atoms with Crippen LogP contribution in [0.3, 0.4) is 0 Å². The minimum Gasteiger partial charge on any atom is -0.350 e. The van der Waals surface area contributed by atoms with Gasteiger partial charge in [-0.25, -0.2) is 4.39 Å². The minimum absolute atomic E-state index is 0.138. The zero-order valence-corrected chi connectivity index (χ0v) is 12.3. The largest absolute Gasteiger partial charge is 0.350 e. The van der Waals surface area contributed by atoms with Crippen molar-refractivity contribution >= 4 is 17.2 Å². The zero-order chi connectivity index (χ0) is 14.5. The van der Waals surface area contributed by atoms with Crippen molar-refractivity contribution in [3.63, 3.8) is 0 Å². The van der Waals surface area contributed by atoms with Gasteiger partial charge < -0.3 is 10.2 Å². The summed E-state index contributed by atoms with van der Waals surface area (Å²) in [7, 11) is 3.96. The fraction of sp³-hybridized carbons (Fsp3) is 0.267. The van der Waals surface area contributed by atoms with Crippen LogP contribution < -0.4 is 5.32 Å². The first-order valence-electron chi connectivity index (χ1n) is 6.31. The molecule has 0 radical (unpaired) electrons. The van der Waals surface area contributed by atoms with Crippen LogP contribution in [0.5, 0.6) is 0 Å². The van der Waals surface area contributed by atoms with Gasteiger partial charge in [-0.3, -0.25) is 4.79 Å². The highest BCUT2D eigenvalue weighted by atomic mass is 32.1. The van der Waals surface area contributed by atoms with Crippen molar-refractivity contribution in [3.8, 4) is 0 Å². The molecule has 0 aliphatic carbocycles. The third-order valence-electron chi connectivity index (χ3n) is 3.06. The summed E-state index contributed by atoms with van der Waals surface area (Å²) in [4.78, 5) is 15.3. The Balaban J connectivity index is 1.99. The summed E-state index contributed by atoms with van der Waals surface area (Å²) >= 11 is 1.67. The van der Waals surface area contributed by atoms with Gasteiger partial charge in [-0.05, 0) is 49.8 Å². The molecule has 1 atom stereocenters. The van der Waals surface area contributed by atoms with Gasteiger partial charge in [-0.1, -0.05) is 6.07 Å². The zero-order valence-electron chi connectivity index (χ0n) is 11.5. The van der Waals surface area contributed by atoms with Gasteiger partial charge in [-0.2, -0.15) is 0 Å². The van der Waals surface area contributed by atoms with Crippen molar-refractivity contribution in [1.29, 1.82) is 0 Å². The van der Waals surface area contributed by atoms with Crippen molar-refractivity contribution in [3.05, 3.63) is 58.0 Å². The van der Waals surface area contributed by atoms with Crippen LogP contribution in [-0.2, 0) is 0 Å². The minimum atomic E-state index is -0.341. The number of nitrogens with zero attached hydrogens (tertiary/aromatic N) is 1. The van der Waals surface area contributed by atoms with Crippen LogP contribution in [0.4, 0.5) is 4.39 Å². The second kappa shape index (κ2) is 6.63. The van der Waals surface area contributed by atoms with Crippen molar-refractivity contribution < 1.29 is 9.18 Å². The number of amides is 1.